The molecule has 0 aliphatic rings. The Morgan fingerprint density at radius 3 is 2.58 bits per heavy atom. The maximum Gasteiger partial charge on any atom is 0.272 e. The lowest BCUT2D eigenvalue weighted by Gasteiger charge is -2.20. The minimum Gasteiger partial charge on any atom is -0.368 e. The molecule has 0 atom stereocenters. The fourth-order valence-corrected chi connectivity index (χ4v) is 1.62. The van der Waals surface area contributed by atoms with Gasteiger partial charge in [0.15, 0.2) is 0 Å². The van der Waals surface area contributed by atoms with Crippen LogP contribution >= 0.6 is 0 Å². The number of nitrogens with zero attached hydrogens (tertiary/aromatic N) is 2. The third-order valence-electron chi connectivity index (χ3n) is 2.70. The molecule has 0 saturated carbocycles. The van der Waals surface area contributed by atoms with Gasteiger partial charge in [-0.25, -0.2) is 0 Å². The van der Waals surface area contributed by atoms with Crippen LogP contribution in [0, 0.1) is 0 Å². The van der Waals surface area contributed by atoms with Crippen molar-refractivity contribution in [1.29, 1.82) is 0 Å². The standard InChI is InChI=1S/C13H20N4O2/c1-2-3-6-17(9-12(15)18)13(19)11-5-4-10(7-14)8-16-11/h4-5,8H,2-3,6-7,9,14H2,1H3,(H2,15,18). The SMILES string of the molecule is CCCCN(CC(N)=O)C(=O)c1ccc(CN)cn1. The molecule has 1 heterocycles. The average Bonchev–Trinajstić information content (AvgIpc) is 2.42. The largest absolute Gasteiger partial charge is 0.368 e. The van der Waals surface area contributed by atoms with Crippen molar-refractivity contribution >= 4 is 11.8 Å². The summed E-state index contributed by atoms with van der Waals surface area (Å²) in [5.41, 5.74) is 11.8. The van der Waals surface area contributed by atoms with E-state index in [1.165, 1.54) is 4.90 Å². The van der Waals surface area contributed by atoms with E-state index in [0.29, 0.717) is 18.8 Å². The van der Waals surface area contributed by atoms with E-state index in [1.807, 2.05) is 6.92 Å². The van der Waals surface area contributed by atoms with Crippen LogP contribution in [0.4, 0.5) is 0 Å². The Morgan fingerprint density at radius 2 is 2.11 bits per heavy atom. The molecule has 0 aliphatic carbocycles. The molecule has 0 radical (unpaired) electrons. The smallest absolute Gasteiger partial charge is 0.272 e. The number of nitrogens with two attached hydrogens (primary N) is 2. The fraction of sp³-hybridized carbons (Fsp3) is 0.462. The molecule has 6 nitrogen and oxygen atoms in total. The summed E-state index contributed by atoms with van der Waals surface area (Å²) in [5, 5.41) is 0. The molecule has 19 heavy (non-hydrogen) atoms. The molecule has 0 aliphatic heterocycles. The molecule has 1 rings (SSSR count). The lowest BCUT2D eigenvalue weighted by molar-refractivity contribution is -0.118. The normalized spacial score (nSPS) is 10.2. The minimum absolute atomic E-state index is 0.0842. The first-order valence-corrected chi connectivity index (χ1v) is 6.31. The van der Waals surface area contributed by atoms with Crippen LogP contribution in [-0.2, 0) is 11.3 Å². The highest BCUT2D eigenvalue weighted by molar-refractivity contribution is 5.94. The Labute approximate surface area is 112 Å². The first kappa shape index (κ1) is 15.1. The van der Waals surface area contributed by atoms with Gasteiger partial charge >= 0.3 is 0 Å². The van der Waals surface area contributed by atoms with Gasteiger partial charge in [-0.15, -0.1) is 0 Å². The second-order valence-electron chi connectivity index (χ2n) is 4.30. The number of pyridine rings is 1. The van der Waals surface area contributed by atoms with Crippen molar-refractivity contribution in [2.24, 2.45) is 11.5 Å². The van der Waals surface area contributed by atoms with E-state index in [9.17, 15) is 9.59 Å². The maximum absolute atomic E-state index is 12.2. The van der Waals surface area contributed by atoms with Gasteiger partial charge in [0.2, 0.25) is 5.91 Å². The van der Waals surface area contributed by atoms with Crippen LogP contribution in [0.5, 0.6) is 0 Å². The highest BCUT2D eigenvalue weighted by Gasteiger charge is 2.18. The third-order valence-corrected chi connectivity index (χ3v) is 2.70. The van der Waals surface area contributed by atoms with Gasteiger partial charge in [-0.2, -0.15) is 0 Å². The Balaban J connectivity index is 2.81. The lowest BCUT2D eigenvalue weighted by Crippen LogP contribution is -2.39. The first-order chi connectivity index (χ1) is 9.08. The van der Waals surface area contributed by atoms with Crippen LogP contribution in [0.2, 0.25) is 0 Å². The van der Waals surface area contributed by atoms with E-state index in [0.717, 1.165) is 18.4 Å². The van der Waals surface area contributed by atoms with Crippen LogP contribution < -0.4 is 11.5 Å². The summed E-state index contributed by atoms with van der Waals surface area (Å²) in [7, 11) is 0. The van der Waals surface area contributed by atoms with E-state index in [2.05, 4.69) is 4.98 Å². The van der Waals surface area contributed by atoms with E-state index < -0.39 is 5.91 Å². The number of unbranched alkanes of at least 4 members (excludes halogenated alkanes) is 1. The Morgan fingerprint density at radius 1 is 1.37 bits per heavy atom. The molecule has 0 bridgehead atoms. The number of rotatable bonds is 7. The van der Waals surface area contributed by atoms with E-state index >= 15 is 0 Å². The van der Waals surface area contributed by atoms with Crippen molar-refractivity contribution in [3.05, 3.63) is 29.6 Å². The molecule has 0 saturated heterocycles. The summed E-state index contributed by atoms with van der Waals surface area (Å²) in [4.78, 5) is 28.7. The molecule has 104 valence electrons. The molecule has 6 heteroatoms. The van der Waals surface area contributed by atoms with Crippen LogP contribution in [0.3, 0.4) is 0 Å². The number of amides is 2. The monoisotopic (exact) mass is 264 g/mol. The predicted octanol–water partition coefficient (Wildman–Crippen LogP) is 0.268. The highest BCUT2D eigenvalue weighted by atomic mass is 16.2. The van der Waals surface area contributed by atoms with Gasteiger partial charge < -0.3 is 16.4 Å². The average molecular weight is 264 g/mol. The molecule has 0 aromatic carbocycles. The number of carbonyl (C=O) groups excluding carboxylic acids is 2. The Hall–Kier alpha value is -1.95. The summed E-state index contributed by atoms with van der Waals surface area (Å²) < 4.78 is 0. The molecule has 0 unspecified atom stereocenters. The topological polar surface area (TPSA) is 102 Å². The lowest BCUT2D eigenvalue weighted by atomic mass is 10.2. The summed E-state index contributed by atoms with van der Waals surface area (Å²) in [6, 6.07) is 3.37. The van der Waals surface area contributed by atoms with Crippen molar-refractivity contribution < 1.29 is 9.59 Å². The van der Waals surface area contributed by atoms with Gasteiger partial charge in [-0.1, -0.05) is 19.4 Å². The third kappa shape index (κ3) is 4.67. The number of aromatic nitrogens is 1. The summed E-state index contributed by atoms with van der Waals surface area (Å²) in [6.45, 7) is 2.81. The Bertz CT molecular complexity index is 431. The van der Waals surface area contributed by atoms with E-state index in [-0.39, 0.29) is 12.5 Å². The van der Waals surface area contributed by atoms with Crippen molar-refractivity contribution in [1.82, 2.24) is 9.88 Å². The molecule has 0 fully saturated rings. The molecule has 2 amide bonds. The summed E-state index contributed by atoms with van der Waals surface area (Å²) >= 11 is 0. The number of primary amides is 1. The predicted molar refractivity (Wildman–Crippen MR) is 72.1 cm³/mol. The van der Waals surface area contributed by atoms with Gasteiger partial charge in [-0.3, -0.25) is 14.6 Å². The molecule has 1 aromatic rings. The van der Waals surface area contributed by atoms with Gasteiger partial charge in [-0.05, 0) is 18.1 Å². The second kappa shape index (κ2) is 7.48. The zero-order chi connectivity index (χ0) is 14.3. The van der Waals surface area contributed by atoms with Gasteiger partial charge in [0.05, 0.1) is 6.54 Å². The van der Waals surface area contributed by atoms with Crippen LogP contribution in [0.1, 0.15) is 35.8 Å². The zero-order valence-corrected chi connectivity index (χ0v) is 11.1. The fourth-order valence-electron chi connectivity index (χ4n) is 1.62. The highest BCUT2D eigenvalue weighted by Crippen LogP contribution is 2.05. The van der Waals surface area contributed by atoms with Crippen molar-refractivity contribution in [2.75, 3.05) is 13.1 Å². The van der Waals surface area contributed by atoms with Crippen LogP contribution in [0.15, 0.2) is 18.3 Å². The molecular weight excluding hydrogens is 244 g/mol. The summed E-state index contributed by atoms with van der Waals surface area (Å²) in [5.74, 6) is -0.807. The second-order valence-corrected chi connectivity index (χ2v) is 4.30. The first-order valence-electron chi connectivity index (χ1n) is 6.31. The number of hydrogen-bond acceptors (Lipinski definition) is 4. The van der Waals surface area contributed by atoms with E-state index in [4.69, 9.17) is 11.5 Å². The minimum atomic E-state index is -0.525. The van der Waals surface area contributed by atoms with Gasteiger partial charge in [0.1, 0.15) is 5.69 Å². The Kier molecular flexibility index (Phi) is 5.95. The molecule has 4 N–H and O–H groups in total. The number of hydrogen-bond donors (Lipinski definition) is 2. The van der Waals surface area contributed by atoms with Crippen molar-refractivity contribution in [3.8, 4) is 0 Å². The molecule has 1 aromatic heterocycles. The maximum atomic E-state index is 12.2. The zero-order valence-electron chi connectivity index (χ0n) is 11.1. The summed E-state index contributed by atoms with van der Waals surface area (Å²) in [6.07, 6.45) is 3.32. The molecule has 0 spiro atoms. The van der Waals surface area contributed by atoms with Gasteiger partial charge in [0, 0.05) is 19.3 Å². The number of carbonyl (C=O) groups is 2. The van der Waals surface area contributed by atoms with Crippen molar-refractivity contribution in [3.63, 3.8) is 0 Å². The van der Waals surface area contributed by atoms with Crippen LogP contribution in [0.25, 0.3) is 0 Å². The van der Waals surface area contributed by atoms with Gasteiger partial charge in [0.25, 0.3) is 5.91 Å². The van der Waals surface area contributed by atoms with E-state index in [1.54, 1.807) is 18.3 Å². The van der Waals surface area contributed by atoms with Crippen molar-refractivity contribution in [2.45, 2.75) is 26.3 Å². The molecular formula is C13H20N4O2. The quantitative estimate of drug-likeness (QED) is 0.737. The van der Waals surface area contributed by atoms with Crippen LogP contribution in [-0.4, -0.2) is 34.8 Å².